The van der Waals surface area contributed by atoms with Crippen LogP contribution in [0.2, 0.25) is 0 Å². The molecule has 0 aliphatic heterocycles. The van der Waals surface area contributed by atoms with E-state index in [0.717, 1.165) is 5.56 Å². The molecule has 130 valence electrons. The van der Waals surface area contributed by atoms with Crippen LogP contribution in [0.5, 0.6) is 0 Å². The quantitative estimate of drug-likeness (QED) is 0.417. The number of anilines is 1. The standard InChI is InChI=1S/C20H17N3O3/c21-18-10-9-16(12-19(18)23(25)26)15-7-4-8-17(11-15)20(24)22-13-14-5-2-1-3-6-14/h1-12H,13,21H2,(H,22,24). The third kappa shape index (κ3) is 3.87. The third-order valence-corrected chi connectivity index (χ3v) is 3.98. The Labute approximate surface area is 150 Å². The fourth-order valence-electron chi connectivity index (χ4n) is 2.60. The van der Waals surface area contributed by atoms with Crippen molar-refractivity contribution in [2.45, 2.75) is 6.54 Å². The molecule has 3 rings (SSSR count). The second kappa shape index (κ2) is 7.48. The van der Waals surface area contributed by atoms with Crippen LogP contribution in [0.4, 0.5) is 11.4 Å². The van der Waals surface area contributed by atoms with Gasteiger partial charge < -0.3 is 11.1 Å². The van der Waals surface area contributed by atoms with Crippen molar-refractivity contribution in [3.63, 3.8) is 0 Å². The van der Waals surface area contributed by atoms with E-state index in [1.54, 1.807) is 30.3 Å². The van der Waals surface area contributed by atoms with Crippen LogP contribution in [0.3, 0.4) is 0 Å². The summed E-state index contributed by atoms with van der Waals surface area (Å²) < 4.78 is 0. The van der Waals surface area contributed by atoms with Crippen molar-refractivity contribution >= 4 is 17.3 Å². The Bertz CT molecular complexity index is 956. The summed E-state index contributed by atoms with van der Waals surface area (Å²) in [5, 5.41) is 13.9. The van der Waals surface area contributed by atoms with Crippen LogP contribution in [-0.4, -0.2) is 10.8 Å². The van der Waals surface area contributed by atoms with Gasteiger partial charge in [-0.1, -0.05) is 48.5 Å². The Balaban J connectivity index is 1.81. The molecule has 0 spiro atoms. The lowest BCUT2D eigenvalue weighted by molar-refractivity contribution is -0.383. The number of nitrogen functional groups attached to an aromatic ring is 1. The highest BCUT2D eigenvalue weighted by Crippen LogP contribution is 2.29. The summed E-state index contributed by atoms with van der Waals surface area (Å²) >= 11 is 0. The molecule has 3 N–H and O–H groups in total. The molecule has 0 aliphatic carbocycles. The van der Waals surface area contributed by atoms with E-state index in [2.05, 4.69) is 5.32 Å². The second-order valence-corrected chi connectivity index (χ2v) is 5.78. The first kappa shape index (κ1) is 17.2. The Morgan fingerprint density at radius 2 is 1.69 bits per heavy atom. The number of amides is 1. The van der Waals surface area contributed by atoms with E-state index < -0.39 is 4.92 Å². The molecule has 0 saturated heterocycles. The Hall–Kier alpha value is -3.67. The largest absolute Gasteiger partial charge is 0.393 e. The monoisotopic (exact) mass is 347 g/mol. The van der Waals surface area contributed by atoms with Crippen LogP contribution >= 0.6 is 0 Å². The third-order valence-electron chi connectivity index (χ3n) is 3.98. The van der Waals surface area contributed by atoms with Gasteiger partial charge in [0.05, 0.1) is 4.92 Å². The van der Waals surface area contributed by atoms with E-state index in [0.29, 0.717) is 23.2 Å². The zero-order chi connectivity index (χ0) is 18.5. The number of carbonyl (C=O) groups excluding carboxylic acids is 1. The summed E-state index contributed by atoms with van der Waals surface area (Å²) in [7, 11) is 0. The minimum atomic E-state index is -0.519. The maximum absolute atomic E-state index is 12.4. The molecule has 0 unspecified atom stereocenters. The van der Waals surface area contributed by atoms with E-state index in [4.69, 9.17) is 5.73 Å². The number of nitro groups is 1. The van der Waals surface area contributed by atoms with E-state index in [-0.39, 0.29) is 17.3 Å². The van der Waals surface area contributed by atoms with E-state index in [9.17, 15) is 14.9 Å². The predicted octanol–water partition coefficient (Wildman–Crippen LogP) is 3.77. The normalized spacial score (nSPS) is 10.3. The zero-order valence-corrected chi connectivity index (χ0v) is 13.9. The minimum absolute atomic E-state index is 0.107. The predicted molar refractivity (Wildman–Crippen MR) is 101 cm³/mol. The van der Waals surface area contributed by atoms with Gasteiger partial charge in [-0.15, -0.1) is 0 Å². The van der Waals surface area contributed by atoms with Crippen molar-refractivity contribution in [1.29, 1.82) is 0 Å². The molecule has 6 nitrogen and oxygen atoms in total. The first-order chi connectivity index (χ1) is 12.5. The van der Waals surface area contributed by atoms with Crippen molar-refractivity contribution in [1.82, 2.24) is 5.32 Å². The first-order valence-electron chi connectivity index (χ1n) is 8.01. The van der Waals surface area contributed by atoms with Gasteiger partial charge in [-0.25, -0.2) is 0 Å². The fourth-order valence-corrected chi connectivity index (χ4v) is 2.60. The molecular formula is C20H17N3O3. The van der Waals surface area contributed by atoms with Gasteiger partial charge in [0, 0.05) is 18.2 Å². The maximum Gasteiger partial charge on any atom is 0.292 e. The van der Waals surface area contributed by atoms with Crippen LogP contribution < -0.4 is 11.1 Å². The molecule has 6 heteroatoms. The van der Waals surface area contributed by atoms with Crippen molar-refractivity contribution in [2.24, 2.45) is 0 Å². The molecule has 0 fully saturated rings. The van der Waals surface area contributed by atoms with Crippen LogP contribution in [-0.2, 0) is 6.54 Å². The molecule has 0 atom stereocenters. The maximum atomic E-state index is 12.4. The van der Waals surface area contributed by atoms with Gasteiger partial charge in [-0.2, -0.15) is 0 Å². The smallest absolute Gasteiger partial charge is 0.292 e. The molecule has 3 aromatic rings. The summed E-state index contributed by atoms with van der Waals surface area (Å²) in [4.78, 5) is 22.9. The minimum Gasteiger partial charge on any atom is -0.393 e. The Morgan fingerprint density at radius 1 is 0.962 bits per heavy atom. The number of hydrogen-bond donors (Lipinski definition) is 2. The molecule has 1 amide bonds. The fraction of sp³-hybridized carbons (Fsp3) is 0.0500. The number of benzene rings is 3. The number of carbonyl (C=O) groups is 1. The van der Waals surface area contributed by atoms with Crippen molar-refractivity contribution in [2.75, 3.05) is 5.73 Å². The lowest BCUT2D eigenvalue weighted by Gasteiger charge is -2.08. The van der Waals surface area contributed by atoms with E-state index in [1.165, 1.54) is 12.1 Å². The second-order valence-electron chi connectivity index (χ2n) is 5.78. The molecule has 0 heterocycles. The lowest BCUT2D eigenvalue weighted by Crippen LogP contribution is -2.22. The lowest BCUT2D eigenvalue weighted by atomic mass is 10.0. The molecule has 0 radical (unpaired) electrons. The Kier molecular flexibility index (Phi) is 4.94. The SMILES string of the molecule is Nc1ccc(-c2cccc(C(=O)NCc3ccccc3)c2)cc1[N+](=O)[O-]. The highest BCUT2D eigenvalue weighted by molar-refractivity contribution is 5.95. The molecule has 0 saturated carbocycles. The highest BCUT2D eigenvalue weighted by Gasteiger charge is 2.14. The number of hydrogen-bond acceptors (Lipinski definition) is 4. The van der Waals surface area contributed by atoms with Crippen LogP contribution in [0.25, 0.3) is 11.1 Å². The number of nitro benzene ring substituents is 1. The van der Waals surface area contributed by atoms with Crippen LogP contribution in [0.1, 0.15) is 15.9 Å². The van der Waals surface area contributed by atoms with Crippen molar-refractivity contribution < 1.29 is 9.72 Å². The van der Waals surface area contributed by atoms with E-state index >= 15 is 0 Å². The van der Waals surface area contributed by atoms with Gasteiger partial charge in [0.25, 0.3) is 11.6 Å². The zero-order valence-electron chi connectivity index (χ0n) is 13.9. The summed E-state index contributed by atoms with van der Waals surface area (Å²) in [6.45, 7) is 0.428. The van der Waals surface area contributed by atoms with Crippen molar-refractivity contribution in [3.05, 3.63) is 94.0 Å². The average molecular weight is 347 g/mol. The van der Waals surface area contributed by atoms with E-state index in [1.807, 2.05) is 30.3 Å². The summed E-state index contributed by atoms with van der Waals surface area (Å²) in [5.41, 5.74) is 8.42. The number of rotatable bonds is 5. The summed E-state index contributed by atoms with van der Waals surface area (Å²) in [6.07, 6.45) is 0. The number of nitrogens with two attached hydrogens (primary N) is 1. The molecule has 0 aliphatic rings. The topological polar surface area (TPSA) is 98.3 Å². The summed E-state index contributed by atoms with van der Waals surface area (Å²) in [6, 6.07) is 21.2. The van der Waals surface area contributed by atoms with Gasteiger partial charge in [0.15, 0.2) is 0 Å². The molecule has 0 bridgehead atoms. The van der Waals surface area contributed by atoms with Gasteiger partial charge in [-0.3, -0.25) is 14.9 Å². The molecular weight excluding hydrogens is 330 g/mol. The van der Waals surface area contributed by atoms with Crippen LogP contribution in [0.15, 0.2) is 72.8 Å². The average Bonchev–Trinajstić information content (AvgIpc) is 2.67. The summed E-state index contributed by atoms with van der Waals surface area (Å²) in [5.74, 6) is -0.208. The first-order valence-corrected chi connectivity index (χ1v) is 8.01. The Morgan fingerprint density at radius 3 is 2.42 bits per heavy atom. The molecule has 0 aromatic heterocycles. The van der Waals surface area contributed by atoms with Crippen molar-refractivity contribution in [3.8, 4) is 11.1 Å². The molecule has 26 heavy (non-hydrogen) atoms. The molecule has 3 aromatic carbocycles. The number of nitrogens with zero attached hydrogens (tertiary/aromatic N) is 1. The van der Waals surface area contributed by atoms with Gasteiger partial charge >= 0.3 is 0 Å². The van der Waals surface area contributed by atoms with Gasteiger partial charge in [-0.05, 0) is 34.9 Å². The van der Waals surface area contributed by atoms with Gasteiger partial charge in [0.2, 0.25) is 0 Å². The van der Waals surface area contributed by atoms with Crippen LogP contribution in [0, 0.1) is 10.1 Å². The number of nitrogens with one attached hydrogen (secondary N) is 1. The highest BCUT2D eigenvalue weighted by atomic mass is 16.6. The van der Waals surface area contributed by atoms with Gasteiger partial charge in [0.1, 0.15) is 5.69 Å².